The highest BCUT2D eigenvalue weighted by molar-refractivity contribution is 5.20. The van der Waals surface area contributed by atoms with Crippen molar-refractivity contribution in [2.24, 2.45) is 5.18 Å². The summed E-state index contributed by atoms with van der Waals surface area (Å²) in [6.07, 6.45) is 1.64. The molecule has 0 heterocycles. The Morgan fingerprint density at radius 1 is 0.882 bits per heavy atom. The normalized spacial score (nSPS) is 12.0. The minimum atomic E-state index is -0.239. The average Bonchev–Trinajstić information content (AvgIpc) is 2.42. The Kier molecular flexibility index (Phi) is 4.03. The van der Waals surface area contributed by atoms with Gasteiger partial charge in [-0.3, -0.25) is 0 Å². The number of nitrogens with zero attached hydrogens (tertiary/aromatic N) is 1. The molecule has 1 atom stereocenters. The molecule has 2 aromatic carbocycles. The van der Waals surface area contributed by atoms with Crippen LogP contribution >= 0.6 is 0 Å². The maximum atomic E-state index is 10.9. The maximum Gasteiger partial charge on any atom is 0.117 e. The second kappa shape index (κ2) is 5.94. The monoisotopic (exact) mass is 225 g/mol. The fourth-order valence-corrected chi connectivity index (χ4v) is 1.90. The van der Waals surface area contributed by atoms with E-state index in [-0.39, 0.29) is 6.04 Å². The van der Waals surface area contributed by atoms with Crippen LogP contribution in [0.4, 0.5) is 0 Å². The van der Waals surface area contributed by atoms with Gasteiger partial charge < -0.3 is 0 Å². The van der Waals surface area contributed by atoms with Crippen LogP contribution < -0.4 is 0 Å². The lowest BCUT2D eigenvalue weighted by Crippen LogP contribution is -1.97. The maximum absolute atomic E-state index is 10.9. The van der Waals surface area contributed by atoms with E-state index in [1.54, 1.807) is 0 Å². The lowest BCUT2D eigenvalue weighted by atomic mass is 10.00. The third kappa shape index (κ3) is 3.25. The molecule has 0 aliphatic heterocycles. The number of hydrogen-bond donors (Lipinski definition) is 0. The molecule has 0 amide bonds. The summed E-state index contributed by atoms with van der Waals surface area (Å²) in [6.45, 7) is 0. The smallest absolute Gasteiger partial charge is 0.117 e. The topological polar surface area (TPSA) is 29.4 Å². The second-order valence-electron chi connectivity index (χ2n) is 4.06. The van der Waals surface area contributed by atoms with Gasteiger partial charge in [-0.15, -0.1) is 0 Å². The largest absolute Gasteiger partial charge is 0.150 e. The molecule has 2 aromatic rings. The van der Waals surface area contributed by atoms with Crippen LogP contribution in [0.2, 0.25) is 0 Å². The molecule has 2 rings (SSSR count). The summed E-state index contributed by atoms with van der Waals surface area (Å²) in [6, 6.07) is 19.7. The number of benzene rings is 2. The van der Waals surface area contributed by atoms with Crippen molar-refractivity contribution in [3.8, 4) is 0 Å². The summed E-state index contributed by atoms with van der Waals surface area (Å²) in [5.41, 5.74) is 2.25. The molecule has 2 nitrogen and oxygen atoms in total. The molecule has 0 spiro atoms. The Bertz CT molecular complexity index is 453. The van der Waals surface area contributed by atoms with E-state index >= 15 is 0 Å². The van der Waals surface area contributed by atoms with Crippen molar-refractivity contribution in [2.45, 2.75) is 18.9 Å². The van der Waals surface area contributed by atoms with Gasteiger partial charge in [-0.25, -0.2) is 0 Å². The number of aryl methyl sites for hydroxylation is 1. The van der Waals surface area contributed by atoms with Crippen LogP contribution in [-0.2, 0) is 6.42 Å². The van der Waals surface area contributed by atoms with Crippen molar-refractivity contribution >= 4 is 0 Å². The van der Waals surface area contributed by atoms with Gasteiger partial charge in [0.15, 0.2) is 0 Å². The van der Waals surface area contributed by atoms with Gasteiger partial charge in [-0.1, -0.05) is 65.8 Å². The van der Waals surface area contributed by atoms with Crippen molar-refractivity contribution in [2.75, 3.05) is 0 Å². The molecular weight excluding hydrogens is 210 g/mol. The minimum absolute atomic E-state index is 0.239. The highest BCUT2D eigenvalue weighted by Gasteiger charge is 2.10. The molecule has 2 heteroatoms. The van der Waals surface area contributed by atoms with E-state index < -0.39 is 0 Å². The van der Waals surface area contributed by atoms with Crippen LogP contribution in [0.25, 0.3) is 0 Å². The van der Waals surface area contributed by atoms with E-state index in [1.165, 1.54) is 5.56 Å². The molecule has 0 aliphatic carbocycles. The highest BCUT2D eigenvalue weighted by Crippen LogP contribution is 2.22. The molecule has 0 aromatic heterocycles. The minimum Gasteiger partial charge on any atom is -0.150 e. The number of rotatable bonds is 5. The molecule has 0 saturated heterocycles. The van der Waals surface area contributed by atoms with Crippen molar-refractivity contribution in [3.63, 3.8) is 0 Å². The van der Waals surface area contributed by atoms with Crippen LogP contribution in [0.3, 0.4) is 0 Å². The molecular formula is C15H15NO. The lowest BCUT2D eigenvalue weighted by molar-refractivity contribution is 0.649. The molecule has 0 aliphatic rings. The first-order valence-corrected chi connectivity index (χ1v) is 5.81. The Morgan fingerprint density at radius 3 is 2.06 bits per heavy atom. The Hall–Kier alpha value is -1.96. The van der Waals surface area contributed by atoms with Gasteiger partial charge in [-0.05, 0) is 24.0 Å². The zero-order valence-corrected chi connectivity index (χ0v) is 9.62. The summed E-state index contributed by atoms with van der Waals surface area (Å²) in [5, 5.41) is 3.22. The van der Waals surface area contributed by atoms with Gasteiger partial charge in [0.1, 0.15) is 6.04 Å². The van der Waals surface area contributed by atoms with Gasteiger partial charge in [0.25, 0.3) is 0 Å². The fourth-order valence-electron chi connectivity index (χ4n) is 1.90. The van der Waals surface area contributed by atoms with Gasteiger partial charge >= 0.3 is 0 Å². The first kappa shape index (κ1) is 11.5. The molecule has 0 saturated carbocycles. The second-order valence-corrected chi connectivity index (χ2v) is 4.06. The van der Waals surface area contributed by atoms with Crippen LogP contribution in [0.15, 0.2) is 65.8 Å². The zero-order chi connectivity index (χ0) is 11.9. The van der Waals surface area contributed by atoms with E-state index in [0.717, 1.165) is 18.4 Å². The van der Waals surface area contributed by atoms with Crippen LogP contribution in [0, 0.1) is 4.91 Å². The summed E-state index contributed by atoms with van der Waals surface area (Å²) in [7, 11) is 0. The van der Waals surface area contributed by atoms with Crippen molar-refractivity contribution in [1.82, 2.24) is 0 Å². The van der Waals surface area contributed by atoms with Crippen molar-refractivity contribution < 1.29 is 0 Å². The van der Waals surface area contributed by atoms with Gasteiger partial charge in [0.05, 0.1) is 0 Å². The zero-order valence-electron chi connectivity index (χ0n) is 9.62. The Morgan fingerprint density at radius 2 is 1.47 bits per heavy atom. The van der Waals surface area contributed by atoms with Crippen molar-refractivity contribution in [3.05, 3.63) is 76.7 Å². The van der Waals surface area contributed by atoms with E-state index in [9.17, 15) is 4.91 Å². The van der Waals surface area contributed by atoms with E-state index in [4.69, 9.17) is 0 Å². The van der Waals surface area contributed by atoms with Gasteiger partial charge in [-0.2, -0.15) is 4.91 Å². The number of nitroso groups, excluding NO2 is 1. The van der Waals surface area contributed by atoms with E-state index in [2.05, 4.69) is 17.3 Å². The van der Waals surface area contributed by atoms with Crippen LogP contribution in [-0.4, -0.2) is 0 Å². The first-order chi connectivity index (χ1) is 8.40. The standard InChI is InChI=1S/C15H15NO/c17-16-15(14-9-5-2-6-10-14)12-11-13-7-3-1-4-8-13/h1-10,15H,11-12H2. The van der Waals surface area contributed by atoms with Gasteiger partial charge in [0.2, 0.25) is 0 Å². The summed E-state index contributed by atoms with van der Waals surface area (Å²) >= 11 is 0. The molecule has 1 unspecified atom stereocenters. The average molecular weight is 225 g/mol. The molecule has 0 fully saturated rings. The molecule has 0 N–H and O–H groups in total. The lowest BCUT2D eigenvalue weighted by Gasteiger charge is -2.09. The molecule has 86 valence electrons. The SMILES string of the molecule is O=NC(CCc1ccccc1)c1ccccc1. The predicted octanol–water partition coefficient (Wildman–Crippen LogP) is 4.13. The highest BCUT2D eigenvalue weighted by atomic mass is 16.3. The van der Waals surface area contributed by atoms with E-state index in [0.29, 0.717) is 0 Å². The fraction of sp³-hybridized carbons (Fsp3) is 0.200. The Labute approximate surface area is 101 Å². The third-order valence-corrected chi connectivity index (χ3v) is 2.86. The summed E-state index contributed by atoms with van der Waals surface area (Å²) < 4.78 is 0. The predicted molar refractivity (Wildman–Crippen MR) is 69.7 cm³/mol. The third-order valence-electron chi connectivity index (χ3n) is 2.86. The summed E-state index contributed by atoms with van der Waals surface area (Å²) in [4.78, 5) is 10.9. The van der Waals surface area contributed by atoms with Gasteiger partial charge in [0, 0.05) is 0 Å². The van der Waals surface area contributed by atoms with E-state index in [1.807, 2.05) is 48.5 Å². The summed E-state index contributed by atoms with van der Waals surface area (Å²) in [5.74, 6) is 0. The quantitative estimate of drug-likeness (QED) is 0.703. The van der Waals surface area contributed by atoms with Crippen LogP contribution in [0.5, 0.6) is 0 Å². The van der Waals surface area contributed by atoms with Crippen molar-refractivity contribution in [1.29, 1.82) is 0 Å². The van der Waals surface area contributed by atoms with Crippen LogP contribution in [0.1, 0.15) is 23.6 Å². The molecule has 0 radical (unpaired) electrons. The Balaban J connectivity index is 2.00. The first-order valence-electron chi connectivity index (χ1n) is 5.81. The molecule has 0 bridgehead atoms. The molecule has 17 heavy (non-hydrogen) atoms. The number of hydrogen-bond acceptors (Lipinski definition) is 2.